The molecule has 0 fully saturated rings. The summed E-state index contributed by atoms with van der Waals surface area (Å²) in [5, 5.41) is 9.80. The van der Waals surface area contributed by atoms with Gasteiger partial charge in [-0.05, 0) is 12.0 Å². The second-order valence-electron chi connectivity index (χ2n) is 5.36. The van der Waals surface area contributed by atoms with E-state index in [1.54, 1.807) is 21.7 Å². The fraction of sp³-hybridized carbons (Fsp3) is 0.250. The van der Waals surface area contributed by atoms with E-state index in [9.17, 15) is 0 Å². The van der Waals surface area contributed by atoms with E-state index in [0.29, 0.717) is 0 Å². The standard InChI is InChI=1S/C16H16N6/c1-3-12(11-7-5-4-6-8-11)14-19-16-13-9-18-21(2)15(13)17-10-22(16)20-14/h4-10,12H,3H2,1-2H3/t12-/m1/s1. The summed E-state index contributed by atoms with van der Waals surface area (Å²) in [5.74, 6) is 1.01. The molecule has 0 aliphatic carbocycles. The van der Waals surface area contributed by atoms with Gasteiger partial charge in [-0.3, -0.25) is 4.68 Å². The van der Waals surface area contributed by atoms with E-state index >= 15 is 0 Å². The van der Waals surface area contributed by atoms with Crippen LogP contribution in [0, 0.1) is 0 Å². The maximum atomic E-state index is 4.76. The molecule has 4 aromatic rings. The molecule has 0 radical (unpaired) electrons. The van der Waals surface area contributed by atoms with Crippen LogP contribution < -0.4 is 0 Å². The lowest BCUT2D eigenvalue weighted by Crippen LogP contribution is -2.02. The number of nitrogens with zero attached hydrogens (tertiary/aromatic N) is 6. The molecule has 1 atom stereocenters. The van der Waals surface area contributed by atoms with Gasteiger partial charge in [0, 0.05) is 13.0 Å². The predicted molar refractivity (Wildman–Crippen MR) is 83.6 cm³/mol. The summed E-state index contributed by atoms with van der Waals surface area (Å²) in [6.07, 6.45) is 4.44. The average molecular weight is 292 g/mol. The average Bonchev–Trinajstić information content (AvgIpc) is 3.13. The molecule has 1 aromatic carbocycles. The van der Waals surface area contributed by atoms with Crippen molar-refractivity contribution in [3.63, 3.8) is 0 Å². The molecular weight excluding hydrogens is 276 g/mol. The molecule has 0 saturated heterocycles. The molecule has 4 rings (SSSR count). The number of benzene rings is 1. The highest BCUT2D eigenvalue weighted by Gasteiger charge is 2.19. The lowest BCUT2D eigenvalue weighted by Gasteiger charge is -2.10. The van der Waals surface area contributed by atoms with Crippen molar-refractivity contribution in [2.45, 2.75) is 19.3 Å². The zero-order valence-electron chi connectivity index (χ0n) is 12.5. The Morgan fingerprint density at radius 1 is 1.14 bits per heavy atom. The van der Waals surface area contributed by atoms with Gasteiger partial charge in [-0.25, -0.2) is 14.5 Å². The minimum absolute atomic E-state index is 0.188. The van der Waals surface area contributed by atoms with Crippen LogP contribution in [0.2, 0.25) is 0 Å². The molecule has 0 amide bonds. The fourth-order valence-corrected chi connectivity index (χ4v) is 2.86. The molecule has 6 heteroatoms. The Morgan fingerprint density at radius 3 is 2.73 bits per heavy atom. The van der Waals surface area contributed by atoms with E-state index < -0.39 is 0 Å². The van der Waals surface area contributed by atoms with Crippen molar-refractivity contribution in [2.24, 2.45) is 7.05 Å². The minimum Gasteiger partial charge on any atom is -0.250 e. The molecule has 0 spiro atoms. The zero-order chi connectivity index (χ0) is 15.1. The molecule has 3 heterocycles. The summed E-state index contributed by atoms with van der Waals surface area (Å²) in [4.78, 5) is 9.16. The summed E-state index contributed by atoms with van der Waals surface area (Å²) >= 11 is 0. The smallest absolute Gasteiger partial charge is 0.170 e. The third-order valence-electron chi connectivity index (χ3n) is 4.01. The third kappa shape index (κ3) is 1.88. The van der Waals surface area contributed by atoms with Crippen LogP contribution in [0.5, 0.6) is 0 Å². The highest BCUT2D eigenvalue weighted by atomic mass is 15.3. The first kappa shape index (κ1) is 12.9. The summed E-state index contributed by atoms with van der Waals surface area (Å²) in [7, 11) is 1.88. The van der Waals surface area contributed by atoms with Gasteiger partial charge in [-0.15, -0.1) is 5.10 Å². The van der Waals surface area contributed by atoms with Crippen molar-refractivity contribution < 1.29 is 0 Å². The number of aromatic nitrogens is 6. The molecule has 0 N–H and O–H groups in total. The summed E-state index contributed by atoms with van der Waals surface area (Å²) in [6, 6.07) is 10.4. The molecular formula is C16H16N6. The number of fused-ring (bicyclic) bond motifs is 3. The van der Waals surface area contributed by atoms with Crippen LogP contribution in [-0.4, -0.2) is 29.4 Å². The number of rotatable bonds is 3. The van der Waals surface area contributed by atoms with Gasteiger partial charge in [0.1, 0.15) is 6.33 Å². The van der Waals surface area contributed by atoms with Gasteiger partial charge >= 0.3 is 0 Å². The maximum absolute atomic E-state index is 4.76. The monoisotopic (exact) mass is 292 g/mol. The first-order chi connectivity index (χ1) is 10.8. The minimum atomic E-state index is 0.188. The van der Waals surface area contributed by atoms with Crippen molar-refractivity contribution in [3.8, 4) is 0 Å². The molecule has 0 bridgehead atoms. The molecule has 3 aromatic heterocycles. The number of hydrogen-bond donors (Lipinski definition) is 0. The third-order valence-corrected chi connectivity index (χ3v) is 4.01. The van der Waals surface area contributed by atoms with E-state index in [0.717, 1.165) is 28.9 Å². The van der Waals surface area contributed by atoms with Crippen molar-refractivity contribution in [2.75, 3.05) is 0 Å². The lowest BCUT2D eigenvalue weighted by atomic mass is 9.96. The Hall–Kier alpha value is -2.76. The molecule has 0 aliphatic heterocycles. The highest BCUT2D eigenvalue weighted by molar-refractivity contribution is 5.88. The Labute approximate surface area is 127 Å². The second kappa shape index (κ2) is 4.91. The summed E-state index contributed by atoms with van der Waals surface area (Å²) in [5.41, 5.74) is 2.86. The van der Waals surface area contributed by atoms with Crippen LogP contribution in [0.3, 0.4) is 0 Å². The van der Waals surface area contributed by atoms with Crippen LogP contribution in [0.25, 0.3) is 16.7 Å². The van der Waals surface area contributed by atoms with Crippen molar-refractivity contribution in [1.82, 2.24) is 29.4 Å². The van der Waals surface area contributed by atoms with E-state index in [2.05, 4.69) is 46.4 Å². The van der Waals surface area contributed by atoms with Crippen molar-refractivity contribution in [1.29, 1.82) is 0 Å². The fourth-order valence-electron chi connectivity index (χ4n) is 2.86. The van der Waals surface area contributed by atoms with E-state index in [1.807, 2.05) is 13.1 Å². The first-order valence-corrected chi connectivity index (χ1v) is 7.36. The van der Waals surface area contributed by atoms with Gasteiger partial charge in [0.2, 0.25) is 0 Å². The molecule has 0 aliphatic rings. The van der Waals surface area contributed by atoms with Crippen LogP contribution in [0.1, 0.15) is 30.7 Å². The van der Waals surface area contributed by atoms with Crippen molar-refractivity contribution in [3.05, 3.63) is 54.2 Å². The highest BCUT2D eigenvalue weighted by Crippen LogP contribution is 2.26. The first-order valence-electron chi connectivity index (χ1n) is 7.36. The Balaban J connectivity index is 1.90. The Kier molecular flexibility index (Phi) is 2.89. The van der Waals surface area contributed by atoms with E-state index in [1.165, 1.54) is 5.56 Å². The Bertz CT molecular complexity index is 937. The lowest BCUT2D eigenvalue weighted by molar-refractivity contribution is 0.710. The largest absolute Gasteiger partial charge is 0.250 e. The van der Waals surface area contributed by atoms with Gasteiger partial charge in [-0.1, -0.05) is 37.3 Å². The van der Waals surface area contributed by atoms with Gasteiger partial charge < -0.3 is 0 Å². The Morgan fingerprint density at radius 2 is 1.95 bits per heavy atom. The predicted octanol–water partition coefficient (Wildman–Crippen LogP) is 2.55. The molecule has 0 saturated carbocycles. The number of hydrogen-bond acceptors (Lipinski definition) is 4. The van der Waals surface area contributed by atoms with E-state index in [-0.39, 0.29) is 5.92 Å². The van der Waals surface area contributed by atoms with Gasteiger partial charge in [0.05, 0.1) is 11.6 Å². The molecule has 0 unspecified atom stereocenters. The second-order valence-corrected chi connectivity index (χ2v) is 5.36. The molecule has 6 nitrogen and oxygen atoms in total. The molecule has 22 heavy (non-hydrogen) atoms. The quantitative estimate of drug-likeness (QED) is 0.582. The van der Waals surface area contributed by atoms with Crippen molar-refractivity contribution >= 4 is 16.7 Å². The summed E-state index contributed by atoms with van der Waals surface area (Å²) in [6.45, 7) is 2.15. The van der Waals surface area contributed by atoms with Gasteiger partial charge in [0.15, 0.2) is 17.1 Å². The summed E-state index contributed by atoms with van der Waals surface area (Å²) < 4.78 is 3.49. The van der Waals surface area contributed by atoms with E-state index in [4.69, 9.17) is 4.98 Å². The number of aryl methyl sites for hydroxylation is 1. The normalized spacial score (nSPS) is 13.0. The SMILES string of the molecule is CC[C@H](c1ccccc1)c1nc2c3cnn(C)c3ncn2n1. The maximum Gasteiger partial charge on any atom is 0.170 e. The van der Waals surface area contributed by atoms with Crippen LogP contribution in [0.15, 0.2) is 42.9 Å². The molecule has 110 valence electrons. The van der Waals surface area contributed by atoms with Crippen LogP contribution in [-0.2, 0) is 7.05 Å². The van der Waals surface area contributed by atoms with Gasteiger partial charge in [-0.2, -0.15) is 5.10 Å². The topological polar surface area (TPSA) is 60.9 Å². The zero-order valence-corrected chi connectivity index (χ0v) is 12.5. The van der Waals surface area contributed by atoms with Crippen LogP contribution >= 0.6 is 0 Å². The van der Waals surface area contributed by atoms with Gasteiger partial charge in [0.25, 0.3) is 0 Å². The van der Waals surface area contributed by atoms with Crippen LogP contribution in [0.4, 0.5) is 0 Å².